The van der Waals surface area contributed by atoms with Crippen molar-refractivity contribution in [3.05, 3.63) is 0 Å². The minimum Gasteiger partial charge on any atom is -0.390 e. The van der Waals surface area contributed by atoms with E-state index in [0.29, 0.717) is 6.04 Å². The molecule has 92 valence electrons. The Bertz CT molecular complexity index is 156. The predicted octanol–water partition coefficient (Wildman–Crippen LogP) is 2.51. The molecule has 0 aromatic rings. The van der Waals surface area contributed by atoms with Gasteiger partial charge < -0.3 is 10.4 Å². The molecule has 3 heteroatoms. The van der Waals surface area contributed by atoms with Crippen LogP contribution in [0.15, 0.2) is 0 Å². The van der Waals surface area contributed by atoms with Crippen molar-refractivity contribution in [3.63, 3.8) is 0 Å². The van der Waals surface area contributed by atoms with Crippen molar-refractivity contribution >= 4 is 11.8 Å². The van der Waals surface area contributed by atoms with Crippen molar-refractivity contribution in [2.45, 2.75) is 52.7 Å². The Morgan fingerprint density at radius 1 is 1.33 bits per heavy atom. The highest BCUT2D eigenvalue weighted by Crippen LogP contribution is 2.11. The normalized spacial score (nSPS) is 16.4. The fraction of sp³-hybridized carbons (Fsp3) is 1.00. The minimum absolute atomic E-state index is 0.535. The molecule has 15 heavy (non-hydrogen) atoms. The molecule has 0 rings (SSSR count). The average Bonchev–Trinajstić information content (AvgIpc) is 2.14. The van der Waals surface area contributed by atoms with Crippen LogP contribution in [-0.2, 0) is 0 Å². The molecular formula is C12H27NOS. The molecule has 0 aromatic heterocycles. The molecule has 2 N–H and O–H groups in total. The van der Waals surface area contributed by atoms with Crippen molar-refractivity contribution < 1.29 is 5.11 Å². The predicted molar refractivity (Wildman–Crippen MR) is 70.5 cm³/mol. The summed E-state index contributed by atoms with van der Waals surface area (Å²) in [5.41, 5.74) is -0.535. The first-order valence-electron chi connectivity index (χ1n) is 5.90. The van der Waals surface area contributed by atoms with Crippen LogP contribution in [0.3, 0.4) is 0 Å². The van der Waals surface area contributed by atoms with Gasteiger partial charge in [-0.1, -0.05) is 20.3 Å². The summed E-state index contributed by atoms with van der Waals surface area (Å²) < 4.78 is 0. The van der Waals surface area contributed by atoms with E-state index in [1.54, 1.807) is 0 Å². The van der Waals surface area contributed by atoms with Crippen LogP contribution in [0.5, 0.6) is 0 Å². The summed E-state index contributed by atoms with van der Waals surface area (Å²) in [6.07, 6.45) is 1.23. The molecule has 0 aliphatic rings. The van der Waals surface area contributed by atoms with E-state index < -0.39 is 5.60 Å². The molecule has 0 amide bonds. The number of thioether (sulfide) groups is 1. The van der Waals surface area contributed by atoms with E-state index in [2.05, 4.69) is 26.1 Å². The quantitative estimate of drug-likeness (QED) is 0.632. The third kappa shape index (κ3) is 9.21. The Labute approximate surface area is 99.2 Å². The van der Waals surface area contributed by atoms with Crippen LogP contribution in [0.2, 0.25) is 0 Å². The Balaban J connectivity index is 3.39. The summed E-state index contributed by atoms with van der Waals surface area (Å²) in [7, 11) is 0. The highest BCUT2D eigenvalue weighted by Gasteiger charge is 2.12. The lowest BCUT2D eigenvalue weighted by molar-refractivity contribution is 0.107. The van der Waals surface area contributed by atoms with Crippen LogP contribution in [0.4, 0.5) is 0 Å². The first-order valence-corrected chi connectivity index (χ1v) is 7.05. The highest BCUT2D eigenvalue weighted by molar-refractivity contribution is 7.99. The van der Waals surface area contributed by atoms with Gasteiger partial charge in [0.2, 0.25) is 0 Å². The van der Waals surface area contributed by atoms with E-state index in [4.69, 9.17) is 0 Å². The molecule has 2 atom stereocenters. The second kappa shape index (κ2) is 7.53. The van der Waals surface area contributed by atoms with Crippen molar-refractivity contribution in [1.82, 2.24) is 5.32 Å². The third-order valence-corrected chi connectivity index (χ3v) is 4.07. The summed E-state index contributed by atoms with van der Waals surface area (Å²) in [4.78, 5) is 0. The van der Waals surface area contributed by atoms with Gasteiger partial charge in [0, 0.05) is 24.1 Å². The monoisotopic (exact) mass is 233 g/mol. The minimum atomic E-state index is -0.535. The van der Waals surface area contributed by atoms with Gasteiger partial charge >= 0.3 is 0 Å². The molecule has 0 saturated carbocycles. The fourth-order valence-electron chi connectivity index (χ4n) is 1.24. The van der Waals surface area contributed by atoms with Crippen molar-refractivity contribution in [2.75, 3.05) is 18.1 Å². The van der Waals surface area contributed by atoms with E-state index in [1.165, 1.54) is 6.42 Å². The van der Waals surface area contributed by atoms with E-state index in [1.807, 2.05) is 25.6 Å². The van der Waals surface area contributed by atoms with E-state index in [-0.39, 0.29) is 0 Å². The Morgan fingerprint density at radius 3 is 2.40 bits per heavy atom. The zero-order chi connectivity index (χ0) is 11.9. The largest absolute Gasteiger partial charge is 0.390 e. The van der Waals surface area contributed by atoms with Gasteiger partial charge in [-0.25, -0.2) is 0 Å². The van der Waals surface area contributed by atoms with Crippen LogP contribution >= 0.6 is 11.8 Å². The smallest absolute Gasteiger partial charge is 0.0681 e. The van der Waals surface area contributed by atoms with Gasteiger partial charge in [-0.05, 0) is 26.7 Å². The molecule has 2 nitrogen and oxygen atoms in total. The van der Waals surface area contributed by atoms with Gasteiger partial charge in [-0.15, -0.1) is 0 Å². The number of nitrogens with one attached hydrogen (secondary N) is 1. The lowest BCUT2D eigenvalue weighted by Gasteiger charge is -2.20. The van der Waals surface area contributed by atoms with Crippen LogP contribution in [-0.4, -0.2) is 34.8 Å². The third-order valence-electron chi connectivity index (χ3n) is 2.67. The second-order valence-electron chi connectivity index (χ2n) is 4.99. The van der Waals surface area contributed by atoms with E-state index in [9.17, 15) is 5.11 Å². The van der Waals surface area contributed by atoms with E-state index >= 15 is 0 Å². The fourth-order valence-corrected chi connectivity index (χ4v) is 2.14. The number of rotatable bonds is 8. The van der Waals surface area contributed by atoms with E-state index in [0.717, 1.165) is 24.0 Å². The zero-order valence-electron chi connectivity index (χ0n) is 10.8. The van der Waals surface area contributed by atoms with Crippen molar-refractivity contribution in [1.29, 1.82) is 0 Å². The number of hydrogen-bond donors (Lipinski definition) is 2. The SMILES string of the molecule is CCC(C)C(C)NCCSCC(C)(C)O. The zero-order valence-corrected chi connectivity index (χ0v) is 11.7. The van der Waals surface area contributed by atoms with Crippen LogP contribution < -0.4 is 5.32 Å². The number of hydrogen-bond acceptors (Lipinski definition) is 3. The second-order valence-corrected chi connectivity index (χ2v) is 6.10. The maximum absolute atomic E-state index is 9.51. The summed E-state index contributed by atoms with van der Waals surface area (Å²) in [5, 5.41) is 13.0. The standard InChI is InChI=1S/C12H27NOS/c1-6-10(2)11(3)13-7-8-15-9-12(4,5)14/h10-11,13-14H,6-9H2,1-5H3. The molecule has 0 spiro atoms. The van der Waals surface area contributed by atoms with Crippen LogP contribution in [0.1, 0.15) is 41.0 Å². The van der Waals surface area contributed by atoms with Crippen LogP contribution in [0.25, 0.3) is 0 Å². The Kier molecular flexibility index (Phi) is 7.66. The van der Waals surface area contributed by atoms with Crippen molar-refractivity contribution in [2.24, 2.45) is 5.92 Å². The average molecular weight is 233 g/mol. The molecule has 0 fully saturated rings. The number of aliphatic hydroxyl groups is 1. The Hall–Kier alpha value is 0.270. The van der Waals surface area contributed by atoms with Gasteiger partial charge in [-0.3, -0.25) is 0 Å². The van der Waals surface area contributed by atoms with Gasteiger partial charge in [0.1, 0.15) is 0 Å². The molecule has 2 unspecified atom stereocenters. The Morgan fingerprint density at radius 2 is 1.93 bits per heavy atom. The van der Waals surface area contributed by atoms with Crippen LogP contribution in [0, 0.1) is 5.92 Å². The molecule has 0 aliphatic heterocycles. The molecule has 0 bridgehead atoms. The summed E-state index contributed by atoms with van der Waals surface area (Å²) in [6.45, 7) is 11.5. The lowest BCUT2D eigenvalue weighted by Crippen LogP contribution is -2.33. The first kappa shape index (κ1) is 15.3. The maximum Gasteiger partial charge on any atom is 0.0681 e. The first-order chi connectivity index (χ1) is 6.87. The van der Waals surface area contributed by atoms with Gasteiger partial charge in [0.25, 0.3) is 0 Å². The van der Waals surface area contributed by atoms with Gasteiger partial charge in [0.15, 0.2) is 0 Å². The summed E-state index contributed by atoms with van der Waals surface area (Å²) in [5.74, 6) is 2.63. The lowest BCUT2D eigenvalue weighted by atomic mass is 10.0. The highest BCUT2D eigenvalue weighted by atomic mass is 32.2. The summed E-state index contributed by atoms with van der Waals surface area (Å²) in [6, 6.07) is 0.595. The molecule has 0 heterocycles. The van der Waals surface area contributed by atoms with Gasteiger partial charge in [0.05, 0.1) is 5.60 Å². The molecular weight excluding hydrogens is 206 g/mol. The van der Waals surface area contributed by atoms with Gasteiger partial charge in [-0.2, -0.15) is 11.8 Å². The molecule has 0 saturated heterocycles. The topological polar surface area (TPSA) is 32.3 Å². The molecule has 0 aliphatic carbocycles. The molecule has 0 radical (unpaired) electrons. The van der Waals surface area contributed by atoms with Crippen molar-refractivity contribution in [3.8, 4) is 0 Å². The summed E-state index contributed by atoms with van der Waals surface area (Å²) >= 11 is 1.81. The molecule has 0 aromatic carbocycles. The maximum atomic E-state index is 9.51.